The number of hydrogen-bond acceptors (Lipinski definition) is 3. The predicted molar refractivity (Wildman–Crippen MR) is 71.1 cm³/mol. The van der Waals surface area contributed by atoms with Crippen molar-refractivity contribution < 1.29 is 4.79 Å². The van der Waals surface area contributed by atoms with Gasteiger partial charge in [-0.25, -0.2) is 0 Å². The molecule has 2 rings (SSSR count). The third-order valence-corrected chi connectivity index (χ3v) is 3.63. The monoisotopic (exact) mass is 247 g/mol. The number of carbonyl (C=O) groups excluding carboxylic acids is 1. The van der Waals surface area contributed by atoms with Crippen LogP contribution in [0, 0.1) is 5.92 Å². The van der Waals surface area contributed by atoms with Crippen molar-refractivity contribution in [3.8, 4) is 0 Å². The molecule has 3 atom stereocenters. The zero-order valence-electron chi connectivity index (χ0n) is 11.0. The molecule has 1 aliphatic rings. The summed E-state index contributed by atoms with van der Waals surface area (Å²) < 4.78 is 0. The van der Waals surface area contributed by atoms with Crippen molar-refractivity contribution in [1.82, 2.24) is 15.6 Å². The summed E-state index contributed by atoms with van der Waals surface area (Å²) in [5.41, 5.74) is 0.957. The predicted octanol–water partition coefficient (Wildman–Crippen LogP) is 1.13. The Morgan fingerprint density at radius 1 is 1.56 bits per heavy atom. The van der Waals surface area contributed by atoms with Gasteiger partial charge in [0.05, 0.1) is 6.42 Å². The lowest BCUT2D eigenvalue weighted by molar-refractivity contribution is -0.121. The van der Waals surface area contributed by atoms with E-state index in [1.807, 2.05) is 12.1 Å². The summed E-state index contributed by atoms with van der Waals surface area (Å²) in [6.45, 7) is 5.37. The van der Waals surface area contributed by atoms with E-state index in [0.29, 0.717) is 18.4 Å². The molecular weight excluding hydrogens is 226 g/mol. The van der Waals surface area contributed by atoms with Gasteiger partial charge in [-0.05, 0) is 37.4 Å². The minimum atomic E-state index is 0.0791. The first-order valence-electron chi connectivity index (χ1n) is 6.58. The first-order chi connectivity index (χ1) is 8.66. The molecule has 1 aromatic rings. The van der Waals surface area contributed by atoms with Crippen LogP contribution in [0.15, 0.2) is 24.5 Å². The maximum atomic E-state index is 12.0. The summed E-state index contributed by atoms with van der Waals surface area (Å²) in [5, 5.41) is 6.54. The summed E-state index contributed by atoms with van der Waals surface area (Å²) in [4.78, 5) is 16.0. The second kappa shape index (κ2) is 5.96. The van der Waals surface area contributed by atoms with Gasteiger partial charge < -0.3 is 10.6 Å². The van der Waals surface area contributed by atoms with Gasteiger partial charge in [-0.2, -0.15) is 0 Å². The lowest BCUT2D eigenvalue weighted by atomic mass is 9.89. The average molecular weight is 247 g/mol. The van der Waals surface area contributed by atoms with E-state index >= 15 is 0 Å². The van der Waals surface area contributed by atoms with E-state index in [9.17, 15) is 4.79 Å². The maximum Gasteiger partial charge on any atom is 0.224 e. The van der Waals surface area contributed by atoms with E-state index in [4.69, 9.17) is 0 Å². The molecule has 1 saturated heterocycles. The topological polar surface area (TPSA) is 54.0 Å². The highest BCUT2D eigenvalue weighted by Gasteiger charge is 2.28. The van der Waals surface area contributed by atoms with Crippen LogP contribution in [0.1, 0.15) is 25.8 Å². The van der Waals surface area contributed by atoms with Crippen LogP contribution < -0.4 is 10.6 Å². The Labute approximate surface area is 108 Å². The number of carbonyl (C=O) groups is 1. The smallest absolute Gasteiger partial charge is 0.224 e. The number of aromatic nitrogens is 1. The van der Waals surface area contributed by atoms with Crippen molar-refractivity contribution in [2.24, 2.45) is 5.92 Å². The Kier molecular flexibility index (Phi) is 4.31. The van der Waals surface area contributed by atoms with Gasteiger partial charge in [-0.1, -0.05) is 13.0 Å². The molecule has 0 radical (unpaired) electrons. The molecule has 0 spiro atoms. The molecule has 1 fully saturated rings. The van der Waals surface area contributed by atoms with Crippen LogP contribution in [0.4, 0.5) is 0 Å². The normalized spacial score (nSPS) is 27.8. The second-order valence-corrected chi connectivity index (χ2v) is 5.14. The number of nitrogens with zero attached hydrogens (tertiary/aromatic N) is 1. The van der Waals surface area contributed by atoms with E-state index in [1.54, 1.807) is 12.4 Å². The molecule has 98 valence electrons. The molecule has 4 heteroatoms. The van der Waals surface area contributed by atoms with Crippen molar-refractivity contribution in [2.75, 3.05) is 6.54 Å². The molecule has 3 unspecified atom stereocenters. The molecule has 1 aliphatic heterocycles. The van der Waals surface area contributed by atoms with Crippen LogP contribution in [0.3, 0.4) is 0 Å². The van der Waals surface area contributed by atoms with Gasteiger partial charge in [0.2, 0.25) is 5.91 Å². The minimum Gasteiger partial charge on any atom is -0.351 e. The number of hydrogen-bond donors (Lipinski definition) is 2. The van der Waals surface area contributed by atoms with E-state index < -0.39 is 0 Å². The standard InChI is InChI=1S/C14H21N3O/c1-10-5-7-16-11(2)14(10)17-13(18)8-12-4-3-6-15-9-12/h3-4,6,9-11,14,16H,5,7-8H2,1-2H3,(H,17,18). The lowest BCUT2D eigenvalue weighted by Crippen LogP contribution is -2.56. The lowest BCUT2D eigenvalue weighted by Gasteiger charge is -2.36. The highest BCUT2D eigenvalue weighted by molar-refractivity contribution is 5.78. The number of rotatable bonds is 3. The molecule has 0 bridgehead atoms. The molecule has 0 saturated carbocycles. The van der Waals surface area contributed by atoms with Crippen molar-refractivity contribution in [3.63, 3.8) is 0 Å². The van der Waals surface area contributed by atoms with Gasteiger partial charge in [-0.15, -0.1) is 0 Å². The minimum absolute atomic E-state index is 0.0791. The molecule has 2 N–H and O–H groups in total. The van der Waals surface area contributed by atoms with Crippen molar-refractivity contribution in [2.45, 2.75) is 38.8 Å². The van der Waals surface area contributed by atoms with Crippen LogP contribution in [-0.4, -0.2) is 29.5 Å². The van der Waals surface area contributed by atoms with Gasteiger partial charge in [0.25, 0.3) is 0 Å². The SMILES string of the molecule is CC1CCNC(C)C1NC(=O)Cc1cccnc1. The molecule has 1 aromatic heterocycles. The summed E-state index contributed by atoms with van der Waals surface area (Å²) >= 11 is 0. The molecule has 0 aromatic carbocycles. The number of amides is 1. The summed E-state index contributed by atoms with van der Waals surface area (Å²) in [6.07, 6.45) is 4.98. The summed E-state index contributed by atoms with van der Waals surface area (Å²) in [7, 11) is 0. The zero-order valence-corrected chi connectivity index (χ0v) is 11.0. The van der Waals surface area contributed by atoms with Crippen LogP contribution >= 0.6 is 0 Å². The van der Waals surface area contributed by atoms with Gasteiger partial charge >= 0.3 is 0 Å². The molecule has 4 nitrogen and oxygen atoms in total. The Bertz CT molecular complexity index is 383. The Balaban J connectivity index is 1.90. The maximum absolute atomic E-state index is 12.0. The van der Waals surface area contributed by atoms with Crippen molar-refractivity contribution >= 4 is 5.91 Å². The fourth-order valence-electron chi connectivity index (χ4n) is 2.53. The Hall–Kier alpha value is -1.42. The van der Waals surface area contributed by atoms with Crippen molar-refractivity contribution in [1.29, 1.82) is 0 Å². The zero-order chi connectivity index (χ0) is 13.0. The fraction of sp³-hybridized carbons (Fsp3) is 0.571. The largest absolute Gasteiger partial charge is 0.351 e. The van der Waals surface area contributed by atoms with Crippen LogP contribution in [0.5, 0.6) is 0 Å². The Morgan fingerprint density at radius 3 is 3.06 bits per heavy atom. The Morgan fingerprint density at radius 2 is 2.39 bits per heavy atom. The second-order valence-electron chi connectivity index (χ2n) is 5.14. The molecular formula is C14H21N3O. The van der Waals surface area contributed by atoms with E-state index in [0.717, 1.165) is 18.5 Å². The highest BCUT2D eigenvalue weighted by atomic mass is 16.1. The molecule has 0 aliphatic carbocycles. The quantitative estimate of drug-likeness (QED) is 0.842. The molecule has 18 heavy (non-hydrogen) atoms. The van der Waals surface area contributed by atoms with Gasteiger partial charge in [0, 0.05) is 24.5 Å². The molecule has 2 heterocycles. The van der Waals surface area contributed by atoms with Crippen LogP contribution in [0.2, 0.25) is 0 Å². The number of pyridine rings is 1. The summed E-state index contributed by atoms with van der Waals surface area (Å²) in [5.74, 6) is 0.606. The van der Waals surface area contributed by atoms with E-state index in [1.165, 1.54) is 0 Å². The third kappa shape index (κ3) is 3.29. The first kappa shape index (κ1) is 13.0. The van der Waals surface area contributed by atoms with E-state index in [2.05, 4.69) is 29.5 Å². The molecule has 1 amide bonds. The van der Waals surface area contributed by atoms with Gasteiger partial charge in [0.1, 0.15) is 0 Å². The van der Waals surface area contributed by atoms with Gasteiger partial charge in [0.15, 0.2) is 0 Å². The third-order valence-electron chi connectivity index (χ3n) is 3.63. The first-order valence-corrected chi connectivity index (χ1v) is 6.58. The number of nitrogens with one attached hydrogen (secondary N) is 2. The number of piperidine rings is 1. The average Bonchev–Trinajstić information content (AvgIpc) is 2.35. The van der Waals surface area contributed by atoms with E-state index in [-0.39, 0.29) is 11.9 Å². The fourth-order valence-corrected chi connectivity index (χ4v) is 2.53. The van der Waals surface area contributed by atoms with Crippen molar-refractivity contribution in [3.05, 3.63) is 30.1 Å². The summed E-state index contributed by atoms with van der Waals surface area (Å²) in [6, 6.07) is 4.35. The highest BCUT2D eigenvalue weighted by Crippen LogP contribution is 2.16. The van der Waals surface area contributed by atoms with Gasteiger partial charge in [-0.3, -0.25) is 9.78 Å². The van der Waals surface area contributed by atoms with Crippen LogP contribution in [0.25, 0.3) is 0 Å². The van der Waals surface area contributed by atoms with Crippen LogP contribution in [-0.2, 0) is 11.2 Å².